The van der Waals surface area contributed by atoms with Crippen molar-refractivity contribution >= 4 is 17.6 Å². The molecule has 0 saturated heterocycles. The van der Waals surface area contributed by atoms with Crippen LogP contribution in [0.25, 0.3) is 0 Å². The number of hydrogen-bond donors (Lipinski definition) is 0. The predicted octanol–water partition coefficient (Wildman–Crippen LogP) is 4.86. The van der Waals surface area contributed by atoms with Gasteiger partial charge in [0.15, 0.2) is 11.0 Å². The molecular weight excluding hydrogens is 427 g/mol. The fourth-order valence-corrected chi connectivity index (χ4v) is 5.03. The topological polar surface area (TPSA) is 59.7 Å². The highest BCUT2D eigenvalue weighted by molar-refractivity contribution is 7.98. The Labute approximate surface area is 192 Å². The molecule has 0 spiro atoms. The molecule has 1 aliphatic carbocycles. The van der Waals surface area contributed by atoms with E-state index in [-0.39, 0.29) is 17.6 Å². The average Bonchev–Trinajstić information content (AvgIpc) is 3.42. The van der Waals surface area contributed by atoms with Gasteiger partial charge in [-0.25, -0.2) is 4.39 Å². The second kappa shape index (κ2) is 10.3. The van der Waals surface area contributed by atoms with E-state index in [9.17, 15) is 9.18 Å². The van der Waals surface area contributed by atoms with Gasteiger partial charge in [-0.1, -0.05) is 55.4 Å². The monoisotopic (exact) mass is 456 g/mol. The number of rotatable bonds is 9. The molecule has 2 heterocycles. The minimum atomic E-state index is -0.257. The van der Waals surface area contributed by atoms with Gasteiger partial charge >= 0.3 is 0 Å². The van der Waals surface area contributed by atoms with E-state index >= 15 is 0 Å². The standard InChI is InChI=1S/C24H29FN4O2S/c1-3-5-14-28-21(27-31-22(28)7-4-2)15-29-20-9-6-8-19(20)23(30)26-24(29)32-16-17-10-12-18(25)13-11-17/h5,10-14,22H,3-4,6-9,15-16H2,1-2H3. The molecule has 4 rings (SSSR count). The number of benzene rings is 1. The third-order valence-electron chi connectivity index (χ3n) is 5.71. The first kappa shape index (κ1) is 22.6. The Morgan fingerprint density at radius 3 is 2.81 bits per heavy atom. The lowest BCUT2D eigenvalue weighted by molar-refractivity contribution is 0.0212. The molecule has 0 N–H and O–H groups in total. The molecule has 0 fully saturated rings. The van der Waals surface area contributed by atoms with Crippen LogP contribution < -0.4 is 5.56 Å². The summed E-state index contributed by atoms with van der Waals surface area (Å²) in [5.41, 5.74) is 2.71. The van der Waals surface area contributed by atoms with E-state index in [1.165, 1.54) is 23.9 Å². The SMILES string of the molecule is CCC=CN1C(Cn2c(SCc3ccc(F)cc3)nc(=O)c3c2CCC3)=NOC1CCC. The van der Waals surface area contributed by atoms with Gasteiger partial charge < -0.3 is 9.40 Å². The Morgan fingerprint density at radius 1 is 1.25 bits per heavy atom. The Morgan fingerprint density at radius 2 is 2.06 bits per heavy atom. The molecule has 1 aliphatic heterocycles. The van der Waals surface area contributed by atoms with Gasteiger partial charge in [-0.15, -0.1) is 0 Å². The second-order valence-corrected chi connectivity index (χ2v) is 8.98. The normalized spacial score (nSPS) is 17.7. The van der Waals surface area contributed by atoms with Gasteiger partial charge in [0.1, 0.15) is 5.82 Å². The molecule has 6 nitrogen and oxygen atoms in total. The fourth-order valence-electron chi connectivity index (χ4n) is 4.07. The minimum Gasteiger partial charge on any atom is -0.368 e. The molecule has 1 aromatic carbocycles. The van der Waals surface area contributed by atoms with Crippen LogP contribution in [0.2, 0.25) is 0 Å². The van der Waals surface area contributed by atoms with E-state index in [4.69, 9.17) is 4.84 Å². The quantitative estimate of drug-likeness (QED) is 0.398. The van der Waals surface area contributed by atoms with Crippen molar-refractivity contribution in [2.45, 2.75) is 76.1 Å². The van der Waals surface area contributed by atoms with E-state index in [1.807, 2.05) is 6.20 Å². The van der Waals surface area contributed by atoms with Gasteiger partial charge in [-0.2, -0.15) is 4.98 Å². The van der Waals surface area contributed by atoms with Crippen LogP contribution in [0, 0.1) is 5.82 Å². The third kappa shape index (κ3) is 4.90. The van der Waals surface area contributed by atoms with Crippen LogP contribution in [0.5, 0.6) is 0 Å². The van der Waals surface area contributed by atoms with Crippen molar-refractivity contribution in [1.82, 2.24) is 14.5 Å². The largest absolute Gasteiger partial charge is 0.368 e. The Hall–Kier alpha value is -2.61. The molecule has 0 amide bonds. The van der Waals surface area contributed by atoms with Crippen LogP contribution in [0.3, 0.4) is 0 Å². The molecule has 8 heteroatoms. The molecule has 0 saturated carbocycles. The summed E-state index contributed by atoms with van der Waals surface area (Å²) in [5.74, 6) is 1.16. The molecule has 2 aliphatic rings. The highest BCUT2D eigenvalue weighted by atomic mass is 32.2. The van der Waals surface area contributed by atoms with E-state index in [1.54, 1.807) is 12.1 Å². The number of amidine groups is 1. The van der Waals surface area contributed by atoms with E-state index in [0.717, 1.165) is 61.2 Å². The molecule has 0 radical (unpaired) electrons. The minimum absolute atomic E-state index is 0.103. The van der Waals surface area contributed by atoms with Gasteiger partial charge in [-0.3, -0.25) is 9.69 Å². The molecule has 1 unspecified atom stereocenters. The lowest BCUT2D eigenvalue weighted by atomic mass is 10.2. The van der Waals surface area contributed by atoms with E-state index in [0.29, 0.717) is 17.5 Å². The molecule has 1 aromatic heterocycles. The maximum atomic E-state index is 13.3. The van der Waals surface area contributed by atoms with Crippen LogP contribution in [-0.2, 0) is 30.0 Å². The third-order valence-corrected chi connectivity index (χ3v) is 6.75. The highest BCUT2D eigenvalue weighted by Gasteiger charge is 2.30. The molecule has 32 heavy (non-hydrogen) atoms. The summed E-state index contributed by atoms with van der Waals surface area (Å²) in [7, 11) is 0. The number of nitrogens with zero attached hydrogens (tertiary/aromatic N) is 4. The van der Waals surface area contributed by atoms with Crippen molar-refractivity contribution in [3.8, 4) is 0 Å². The molecule has 2 aromatic rings. The van der Waals surface area contributed by atoms with Crippen LogP contribution >= 0.6 is 11.8 Å². The van der Waals surface area contributed by atoms with Gasteiger partial charge in [0.2, 0.25) is 6.23 Å². The average molecular weight is 457 g/mol. The fraction of sp³-hybridized carbons (Fsp3) is 0.458. The second-order valence-electron chi connectivity index (χ2n) is 8.04. The van der Waals surface area contributed by atoms with Crippen LogP contribution in [0.1, 0.15) is 56.4 Å². The number of fused-ring (bicyclic) bond motifs is 1. The Balaban J connectivity index is 1.63. The summed E-state index contributed by atoms with van der Waals surface area (Å²) in [4.78, 5) is 24.9. The number of allylic oxidation sites excluding steroid dienone is 1. The van der Waals surface area contributed by atoms with Crippen molar-refractivity contribution in [3.63, 3.8) is 0 Å². The number of thioether (sulfide) groups is 1. The molecule has 170 valence electrons. The van der Waals surface area contributed by atoms with Gasteiger partial charge in [-0.05, 0) is 43.4 Å². The smallest absolute Gasteiger partial charge is 0.277 e. The lowest BCUT2D eigenvalue weighted by Crippen LogP contribution is -2.35. The first-order chi connectivity index (χ1) is 15.6. The summed E-state index contributed by atoms with van der Waals surface area (Å²) in [6.45, 7) is 4.73. The number of oxime groups is 1. The number of hydrogen-bond acceptors (Lipinski definition) is 6. The van der Waals surface area contributed by atoms with Crippen LogP contribution in [-0.4, -0.2) is 26.5 Å². The highest BCUT2D eigenvalue weighted by Crippen LogP contribution is 2.28. The van der Waals surface area contributed by atoms with Gasteiger partial charge in [0.05, 0.1) is 6.54 Å². The predicted molar refractivity (Wildman–Crippen MR) is 125 cm³/mol. The van der Waals surface area contributed by atoms with Gasteiger partial charge in [0.25, 0.3) is 5.56 Å². The zero-order valence-electron chi connectivity index (χ0n) is 18.6. The summed E-state index contributed by atoms with van der Waals surface area (Å²) in [6, 6.07) is 6.43. The molecular formula is C24H29FN4O2S. The number of aromatic nitrogens is 2. The Bertz CT molecular complexity index is 1060. The maximum absolute atomic E-state index is 13.3. The van der Waals surface area contributed by atoms with Crippen molar-refractivity contribution in [3.05, 3.63) is 69.5 Å². The molecule has 1 atom stereocenters. The van der Waals surface area contributed by atoms with Crippen molar-refractivity contribution in [2.75, 3.05) is 0 Å². The summed E-state index contributed by atoms with van der Waals surface area (Å²) in [5, 5.41) is 5.06. The summed E-state index contributed by atoms with van der Waals surface area (Å²) >= 11 is 1.50. The van der Waals surface area contributed by atoms with E-state index < -0.39 is 0 Å². The zero-order chi connectivity index (χ0) is 22.5. The van der Waals surface area contributed by atoms with Crippen molar-refractivity contribution < 1.29 is 9.23 Å². The molecule has 0 bridgehead atoms. The first-order valence-corrected chi connectivity index (χ1v) is 12.3. The van der Waals surface area contributed by atoms with Crippen LogP contribution in [0.15, 0.2) is 51.6 Å². The lowest BCUT2D eigenvalue weighted by Gasteiger charge is -2.23. The van der Waals surface area contributed by atoms with Crippen molar-refractivity contribution in [1.29, 1.82) is 0 Å². The zero-order valence-corrected chi connectivity index (χ0v) is 19.4. The number of halogens is 1. The van der Waals surface area contributed by atoms with Crippen molar-refractivity contribution in [2.24, 2.45) is 5.16 Å². The summed E-state index contributed by atoms with van der Waals surface area (Å²) in [6.07, 6.45) is 9.44. The maximum Gasteiger partial charge on any atom is 0.277 e. The summed E-state index contributed by atoms with van der Waals surface area (Å²) < 4.78 is 15.4. The van der Waals surface area contributed by atoms with Gasteiger partial charge in [0, 0.05) is 29.6 Å². The Kier molecular flexibility index (Phi) is 7.29. The van der Waals surface area contributed by atoms with Crippen LogP contribution in [0.4, 0.5) is 4.39 Å². The van der Waals surface area contributed by atoms with E-state index in [2.05, 4.69) is 39.5 Å². The first-order valence-electron chi connectivity index (χ1n) is 11.3.